The Morgan fingerprint density at radius 1 is 1.21 bits per heavy atom. The predicted octanol–water partition coefficient (Wildman–Crippen LogP) is 5.27. The topological polar surface area (TPSA) is 96.7 Å². The molecule has 4 atom stereocenters. The zero-order valence-corrected chi connectivity index (χ0v) is 22.2. The van der Waals surface area contributed by atoms with Crippen molar-refractivity contribution in [1.82, 2.24) is 4.98 Å². The number of esters is 1. The fourth-order valence-electron chi connectivity index (χ4n) is 3.56. The summed E-state index contributed by atoms with van der Waals surface area (Å²) in [4.78, 5) is 30.2. The standard InChI is InChI=1S/C26H41NO5S/c1-9-11-12-13-26(8,17(3)14-20-16-33-19(5)27-20)32-23(30)15-22(29)25(6,7)24(31)18(4)21(28)10-2/h11-12,14,16,18,21-22,28-29H,9-10,13,15H2,1-8H3/b12-11+,17-14+/t18-,21+,22-,26?/m0/s1. The van der Waals surface area contributed by atoms with Crippen molar-refractivity contribution in [3.8, 4) is 0 Å². The fraction of sp³-hybridized carbons (Fsp3) is 0.654. The Morgan fingerprint density at radius 2 is 1.85 bits per heavy atom. The minimum absolute atomic E-state index is 0.277. The monoisotopic (exact) mass is 479 g/mol. The van der Waals surface area contributed by atoms with Crippen LogP contribution >= 0.6 is 11.3 Å². The van der Waals surface area contributed by atoms with Crippen molar-refractivity contribution in [2.45, 2.75) is 98.9 Å². The van der Waals surface area contributed by atoms with Crippen LogP contribution in [0.15, 0.2) is 23.1 Å². The van der Waals surface area contributed by atoms with Crippen molar-refractivity contribution in [3.63, 3.8) is 0 Å². The molecule has 2 N–H and O–H groups in total. The summed E-state index contributed by atoms with van der Waals surface area (Å²) in [5.74, 6) is -1.49. The number of aliphatic hydroxyl groups is 2. The number of nitrogens with zero attached hydrogens (tertiary/aromatic N) is 1. The lowest BCUT2D eigenvalue weighted by Gasteiger charge is -2.34. The van der Waals surface area contributed by atoms with Crippen molar-refractivity contribution in [2.24, 2.45) is 11.3 Å². The zero-order valence-electron chi connectivity index (χ0n) is 21.3. The number of aromatic nitrogens is 1. The van der Waals surface area contributed by atoms with E-state index < -0.39 is 35.1 Å². The number of thiazole rings is 1. The molecule has 1 aromatic rings. The molecule has 186 valence electrons. The number of allylic oxidation sites excluding steroid dienone is 1. The first-order chi connectivity index (χ1) is 15.3. The highest BCUT2D eigenvalue weighted by molar-refractivity contribution is 7.09. The minimum Gasteiger partial charge on any atom is -0.454 e. The maximum absolute atomic E-state index is 12.9. The molecule has 0 saturated heterocycles. The number of Topliss-reactive ketones (excluding diaryl/α,β-unsaturated/α-hetero) is 1. The third kappa shape index (κ3) is 8.16. The van der Waals surface area contributed by atoms with Crippen LogP contribution in [0.4, 0.5) is 0 Å². The number of aryl methyl sites for hydroxylation is 1. The number of rotatable bonds is 13. The van der Waals surface area contributed by atoms with E-state index in [0.29, 0.717) is 12.8 Å². The first-order valence-corrected chi connectivity index (χ1v) is 12.5. The second kappa shape index (κ2) is 12.6. The van der Waals surface area contributed by atoms with E-state index in [0.717, 1.165) is 22.7 Å². The number of ketones is 1. The second-order valence-corrected chi connectivity index (χ2v) is 10.5. The van der Waals surface area contributed by atoms with E-state index in [1.165, 1.54) is 0 Å². The lowest BCUT2D eigenvalue weighted by atomic mass is 9.74. The van der Waals surface area contributed by atoms with Crippen molar-refractivity contribution < 1.29 is 24.5 Å². The third-order valence-corrected chi connectivity index (χ3v) is 7.11. The van der Waals surface area contributed by atoms with E-state index in [1.54, 1.807) is 39.0 Å². The molecular weight excluding hydrogens is 438 g/mol. The van der Waals surface area contributed by atoms with Crippen LogP contribution in [0.1, 0.15) is 84.9 Å². The molecule has 0 amide bonds. The lowest BCUT2D eigenvalue weighted by Crippen LogP contribution is -2.45. The molecule has 7 heteroatoms. The van der Waals surface area contributed by atoms with Gasteiger partial charge < -0.3 is 14.9 Å². The summed E-state index contributed by atoms with van der Waals surface area (Å²) in [5, 5.41) is 23.7. The Bertz CT molecular complexity index is 857. The van der Waals surface area contributed by atoms with E-state index in [2.05, 4.69) is 4.98 Å². The molecule has 1 rings (SSSR count). The normalized spacial score (nSPS) is 17.5. The number of hydrogen-bond acceptors (Lipinski definition) is 7. The van der Waals surface area contributed by atoms with Gasteiger partial charge in [-0.15, -0.1) is 11.3 Å². The molecule has 33 heavy (non-hydrogen) atoms. The Morgan fingerprint density at radius 3 is 2.36 bits per heavy atom. The zero-order chi connectivity index (χ0) is 25.4. The molecular formula is C26H41NO5S. The largest absolute Gasteiger partial charge is 0.454 e. The smallest absolute Gasteiger partial charge is 0.309 e. The number of aliphatic hydroxyl groups excluding tert-OH is 2. The van der Waals surface area contributed by atoms with Gasteiger partial charge in [0.1, 0.15) is 11.4 Å². The van der Waals surface area contributed by atoms with Crippen molar-refractivity contribution >= 4 is 29.2 Å². The SMILES string of the molecule is CC/C=C/CC(C)(OC(=O)C[C@H](O)C(C)(C)C(=O)[C@@H](C)[C@H](O)CC)/C(C)=C/c1csc(C)n1. The number of carbonyl (C=O) groups is 2. The summed E-state index contributed by atoms with van der Waals surface area (Å²) in [6.07, 6.45) is 5.37. The van der Waals surface area contributed by atoms with Crippen LogP contribution < -0.4 is 0 Å². The van der Waals surface area contributed by atoms with Gasteiger partial charge in [-0.1, -0.05) is 46.8 Å². The molecule has 0 fully saturated rings. The number of hydrogen-bond donors (Lipinski definition) is 2. The van der Waals surface area contributed by atoms with Crippen LogP contribution in [0, 0.1) is 18.3 Å². The molecule has 0 aliphatic heterocycles. The molecule has 0 spiro atoms. The summed E-state index contributed by atoms with van der Waals surface area (Å²) >= 11 is 1.55. The highest BCUT2D eigenvalue weighted by Gasteiger charge is 2.41. The van der Waals surface area contributed by atoms with E-state index >= 15 is 0 Å². The lowest BCUT2D eigenvalue weighted by molar-refractivity contribution is -0.160. The van der Waals surface area contributed by atoms with Crippen LogP contribution in [0.3, 0.4) is 0 Å². The Balaban J connectivity index is 3.03. The molecule has 0 saturated carbocycles. The molecule has 0 aliphatic carbocycles. The van der Waals surface area contributed by atoms with Gasteiger partial charge in [-0.2, -0.15) is 0 Å². The van der Waals surface area contributed by atoms with Crippen LogP contribution in [0.25, 0.3) is 6.08 Å². The maximum Gasteiger partial charge on any atom is 0.309 e. The Hall–Kier alpha value is -1.83. The fourth-order valence-corrected chi connectivity index (χ4v) is 4.13. The van der Waals surface area contributed by atoms with Crippen molar-refractivity contribution in [3.05, 3.63) is 33.8 Å². The van der Waals surface area contributed by atoms with Gasteiger partial charge in [0.2, 0.25) is 0 Å². The Kier molecular flexibility index (Phi) is 11.1. The van der Waals surface area contributed by atoms with Gasteiger partial charge in [0.05, 0.1) is 34.7 Å². The van der Waals surface area contributed by atoms with Gasteiger partial charge in [-0.25, -0.2) is 4.98 Å². The number of ether oxygens (including phenoxy) is 1. The molecule has 6 nitrogen and oxygen atoms in total. The van der Waals surface area contributed by atoms with E-state index in [9.17, 15) is 19.8 Å². The van der Waals surface area contributed by atoms with Gasteiger partial charge >= 0.3 is 5.97 Å². The van der Waals surface area contributed by atoms with E-state index in [1.807, 2.05) is 51.3 Å². The van der Waals surface area contributed by atoms with E-state index in [-0.39, 0.29) is 12.2 Å². The van der Waals surface area contributed by atoms with Crippen LogP contribution in [-0.4, -0.2) is 44.8 Å². The number of carbonyl (C=O) groups excluding carboxylic acids is 2. The van der Waals surface area contributed by atoms with Crippen molar-refractivity contribution in [1.29, 1.82) is 0 Å². The highest BCUT2D eigenvalue weighted by Crippen LogP contribution is 2.32. The molecule has 0 aromatic carbocycles. The molecule has 1 heterocycles. The summed E-state index contributed by atoms with van der Waals surface area (Å²) in [7, 11) is 0. The minimum atomic E-state index is -1.23. The second-order valence-electron chi connectivity index (χ2n) is 9.48. The molecule has 0 radical (unpaired) electrons. The first kappa shape index (κ1) is 29.2. The summed E-state index contributed by atoms with van der Waals surface area (Å²) < 4.78 is 5.90. The average Bonchev–Trinajstić information content (AvgIpc) is 3.16. The third-order valence-electron chi connectivity index (χ3n) is 6.32. The Labute approximate surface area is 202 Å². The quantitative estimate of drug-likeness (QED) is 0.296. The summed E-state index contributed by atoms with van der Waals surface area (Å²) in [5.41, 5.74) is -0.464. The van der Waals surface area contributed by atoms with Gasteiger partial charge in [0.25, 0.3) is 0 Å². The molecule has 0 bridgehead atoms. The van der Waals surface area contributed by atoms with Crippen LogP contribution in [0.5, 0.6) is 0 Å². The summed E-state index contributed by atoms with van der Waals surface area (Å²) in [6, 6.07) is 0. The molecule has 1 unspecified atom stereocenters. The van der Waals surface area contributed by atoms with Gasteiger partial charge in [-0.3, -0.25) is 9.59 Å². The van der Waals surface area contributed by atoms with Gasteiger partial charge in [-0.05, 0) is 45.3 Å². The molecule has 0 aliphatic rings. The van der Waals surface area contributed by atoms with Crippen molar-refractivity contribution in [2.75, 3.05) is 0 Å². The van der Waals surface area contributed by atoms with Gasteiger partial charge in [0, 0.05) is 17.7 Å². The summed E-state index contributed by atoms with van der Waals surface area (Å²) in [6.45, 7) is 14.4. The first-order valence-electron chi connectivity index (χ1n) is 11.7. The van der Waals surface area contributed by atoms with Crippen LogP contribution in [-0.2, 0) is 14.3 Å². The maximum atomic E-state index is 12.9. The predicted molar refractivity (Wildman–Crippen MR) is 134 cm³/mol. The average molecular weight is 480 g/mol. The highest BCUT2D eigenvalue weighted by atomic mass is 32.1. The van der Waals surface area contributed by atoms with Gasteiger partial charge in [0.15, 0.2) is 0 Å². The molecule has 1 aromatic heterocycles. The van der Waals surface area contributed by atoms with E-state index in [4.69, 9.17) is 4.74 Å². The van der Waals surface area contributed by atoms with Crippen LogP contribution in [0.2, 0.25) is 0 Å².